The van der Waals surface area contributed by atoms with E-state index >= 15 is 0 Å². The Bertz CT molecular complexity index is 242. The highest BCUT2D eigenvalue weighted by molar-refractivity contribution is 7.89. The minimum atomic E-state index is -3.01. The van der Waals surface area contributed by atoms with Crippen molar-refractivity contribution >= 4 is 10.0 Å². The van der Waals surface area contributed by atoms with Crippen molar-refractivity contribution < 1.29 is 8.42 Å². The quantitative estimate of drug-likeness (QED) is 0.756. The molecule has 0 heterocycles. The molecule has 1 unspecified atom stereocenters. The van der Waals surface area contributed by atoms with Crippen LogP contribution in [0.4, 0.5) is 0 Å². The lowest BCUT2D eigenvalue weighted by Crippen LogP contribution is -2.37. The fraction of sp³-hybridized carbons (Fsp3) is 1.00. The van der Waals surface area contributed by atoms with E-state index in [9.17, 15) is 8.42 Å². The van der Waals surface area contributed by atoms with Gasteiger partial charge in [0, 0.05) is 6.04 Å². The van der Waals surface area contributed by atoms with E-state index in [0.29, 0.717) is 5.92 Å². The third-order valence-electron chi connectivity index (χ3n) is 2.85. The van der Waals surface area contributed by atoms with Gasteiger partial charge < -0.3 is 0 Å². The van der Waals surface area contributed by atoms with E-state index in [1.807, 2.05) is 6.92 Å². The Morgan fingerprint density at radius 2 is 1.92 bits per heavy atom. The minimum Gasteiger partial charge on any atom is -0.212 e. The van der Waals surface area contributed by atoms with Gasteiger partial charge in [0.05, 0.1) is 5.75 Å². The van der Waals surface area contributed by atoms with Gasteiger partial charge in [0.15, 0.2) is 0 Å². The van der Waals surface area contributed by atoms with Crippen molar-refractivity contribution in [3.63, 3.8) is 0 Å². The lowest BCUT2D eigenvalue weighted by Gasteiger charge is -2.19. The number of hydrogen-bond donors (Lipinski definition) is 1. The van der Waals surface area contributed by atoms with Gasteiger partial charge in [0.1, 0.15) is 0 Å². The first-order valence-electron chi connectivity index (χ1n) is 5.05. The molecular formula is C9H19NO2S. The van der Waals surface area contributed by atoms with Crippen LogP contribution in [0.3, 0.4) is 0 Å². The van der Waals surface area contributed by atoms with E-state index in [1.54, 1.807) is 6.92 Å². The Morgan fingerprint density at radius 1 is 1.38 bits per heavy atom. The van der Waals surface area contributed by atoms with Gasteiger partial charge in [-0.1, -0.05) is 12.8 Å². The molecule has 1 saturated carbocycles. The molecular weight excluding hydrogens is 186 g/mol. The summed E-state index contributed by atoms with van der Waals surface area (Å²) in [6.07, 6.45) is 4.85. The summed E-state index contributed by atoms with van der Waals surface area (Å²) >= 11 is 0. The first-order valence-corrected chi connectivity index (χ1v) is 6.70. The van der Waals surface area contributed by atoms with Gasteiger partial charge in [-0.25, -0.2) is 13.1 Å². The molecule has 0 aromatic carbocycles. The van der Waals surface area contributed by atoms with Gasteiger partial charge in [0.25, 0.3) is 0 Å². The second kappa shape index (κ2) is 4.42. The van der Waals surface area contributed by atoms with Crippen LogP contribution in [-0.2, 0) is 10.0 Å². The smallest absolute Gasteiger partial charge is 0.211 e. The summed E-state index contributed by atoms with van der Waals surface area (Å²) < 4.78 is 25.2. The summed E-state index contributed by atoms with van der Waals surface area (Å²) in [5.74, 6) is 0.741. The number of nitrogens with one attached hydrogen (secondary N) is 1. The molecule has 3 nitrogen and oxygen atoms in total. The van der Waals surface area contributed by atoms with Crippen LogP contribution in [0.1, 0.15) is 39.5 Å². The Balaban J connectivity index is 2.44. The van der Waals surface area contributed by atoms with Crippen LogP contribution in [-0.4, -0.2) is 20.2 Å². The first kappa shape index (κ1) is 11.0. The van der Waals surface area contributed by atoms with E-state index in [-0.39, 0.29) is 11.8 Å². The molecule has 78 valence electrons. The lowest BCUT2D eigenvalue weighted by atomic mass is 10.0. The van der Waals surface area contributed by atoms with Gasteiger partial charge >= 0.3 is 0 Å². The van der Waals surface area contributed by atoms with E-state index < -0.39 is 10.0 Å². The maximum absolute atomic E-state index is 11.3. The summed E-state index contributed by atoms with van der Waals surface area (Å²) in [7, 11) is -3.01. The molecule has 0 bridgehead atoms. The predicted octanol–water partition coefficient (Wildman–Crippen LogP) is 1.50. The molecule has 1 N–H and O–H groups in total. The van der Waals surface area contributed by atoms with Crippen molar-refractivity contribution in [1.29, 1.82) is 0 Å². The molecule has 0 saturated heterocycles. The van der Waals surface area contributed by atoms with Crippen LogP contribution in [0.5, 0.6) is 0 Å². The highest BCUT2D eigenvalue weighted by atomic mass is 32.2. The molecule has 0 aliphatic heterocycles. The predicted molar refractivity (Wildman–Crippen MR) is 54.0 cm³/mol. The monoisotopic (exact) mass is 205 g/mol. The van der Waals surface area contributed by atoms with Crippen molar-refractivity contribution in [3.05, 3.63) is 0 Å². The normalized spacial score (nSPS) is 22.0. The van der Waals surface area contributed by atoms with Crippen LogP contribution in [0.2, 0.25) is 0 Å². The third-order valence-corrected chi connectivity index (χ3v) is 4.34. The second-order valence-corrected chi connectivity index (χ2v) is 5.90. The Morgan fingerprint density at radius 3 is 2.38 bits per heavy atom. The van der Waals surface area contributed by atoms with Crippen LogP contribution < -0.4 is 4.72 Å². The SMILES string of the molecule is CCS(=O)(=O)NC(C)C1CCCC1. The first-order chi connectivity index (χ1) is 6.05. The Kier molecular flexibility index (Phi) is 3.74. The average Bonchev–Trinajstić information content (AvgIpc) is 2.55. The summed E-state index contributed by atoms with van der Waals surface area (Å²) in [4.78, 5) is 0. The average molecular weight is 205 g/mol. The van der Waals surface area contributed by atoms with E-state index in [2.05, 4.69) is 4.72 Å². The van der Waals surface area contributed by atoms with E-state index in [1.165, 1.54) is 25.7 Å². The summed E-state index contributed by atoms with van der Waals surface area (Å²) in [6.45, 7) is 3.65. The largest absolute Gasteiger partial charge is 0.212 e. The standard InChI is InChI=1S/C9H19NO2S/c1-3-13(11,12)10-8(2)9-6-4-5-7-9/h8-10H,3-7H2,1-2H3. The van der Waals surface area contributed by atoms with Gasteiger partial charge in [-0.3, -0.25) is 0 Å². The molecule has 0 spiro atoms. The minimum absolute atomic E-state index is 0.118. The third kappa shape index (κ3) is 3.27. The van der Waals surface area contributed by atoms with Crippen molar-refractivity contribution in [3.8, 4) is 0 Å². The molecule has 1 aliphatic carbocycles. The molecule has 0 radical (unpaired) electrons. The molecule has 1 aliphatic rings. The summed E-state index contributed by atoms with van der Waals surface area (Å²) in [6, 6.07) is 0.118. The fourth-order valence-corrected chi connectivity index (χ4v) is 2.85. The van der Waals surface area contributed by atoms with E-state index in [0.717, 1.165) is 0 Å². The number of rotatable bonds is 4. The lowest BCUT2D eigenvalue weighted by molar-refractivity contribution is 0.424. The van der Waals surface area contributed by atoms with Crippen molar-refractivity contribution in [2.45, 2.75) is 45.6 Å². The zero-order valence-electron chi connectivity index (χ0n) is 8.41. The summed E-state index contributed by atoms with van der Waals surface area (Å²) in [5.41, 5.74) is 0. The van der Waals surface area contributed by atoms with E-state index in [4.69, 9.17) is 0 Å². The molecule has 13 heavy (non-hydrogen) atoms. The van der Waals surface area contributed by atoms with Crippen molar-refractivity contribution in [2.24, 2.45) is 5.92 Å². The molecule has 1 fully saturated rings. The zero-order valence-corrected chi connectivity index (χ0v) is 9.23. The van der Waals surface area contributed by atoms with Gasteiger partial charge in [-0.2, -0.15) is 0 Å². The molecule has 0 aromatic heterocycles. The highest BCUT2D eigenvalue weighted by Gasteiger charge is 2.24. The topological polar surface area (TPSA) is 46.2 Å². The molecule has 1 atom stereocenters. The Hall–Kier alpha value is -0.0900. The molecule has 1 rings (SSSR count). The molecule has 0 amide bonds. The molecule has 4 heteroatoms. The van der Waals surface area contributed by atoms with Gasteiger partial charge in [-0.15, -0.1) is 0 Å². The highest BCUT2D eigenvalue weighted by Crippen LogP contribution is 2.27. The summed E-state index contributed by atoms with van der Waals surface area (Å²) in [5, 5.41) is 0. The van der Waals surface area contributed by atoms with Crippen LogP contribution >= 0.6 is 0 Å². The fourth-order valence-electron chi connectivity index (χ4n) is 1.92. The van der Waals surface area contributed by atoms with Gasteiger partial charge in [0.2, 0.25) is 10.0 Å². The van der Waals surface area contributed by atoms with Crippen LogP contribution in [0.15, 0.2) is 0 Å². The van der Waals surface area contributed by atoms with Crippen LogP contribution in [0.25, 0.3) is 0 Å². The maximum Gasteiger partial charge on any atom is 0.211 e. The maximum atomic E-state index is 11.3. The second-order valence-electron chi connectivity index (χ2n) is 3.85. The van der Waals surface area contributed by atoms with Crippen LogP contribution in [0, 0.1) is 5.92 Å². The number of hydrogen-bond acceptors (Lipinski definition) is 2. The molecule has 0 aromatic rings. The Labute approximate surface area is 81.0 Å². The number of sulfonamides is 1. The van der Waals surface area contributed by atoms with Crippen molar-refractivity contribution in [1.82, 2.24) is 4.72 Å². The zero-order chi connectivity index (χ0) is 9.90. The van der Waals surface area contributed by atoms with Gasteiger partial charge in [-0.05, 0) is 32.6 Å². The van der Waals surface area contributed by atoms with Crippen molar-refractivity contribution in [2.75, 3.05) is 5.75 Å².